The lowest BCUT2D eigenvalue weighted by molar-refractivity contribution is -0.148. The van der Waals surface area contributed by atoms with E-state index >= 15 is 0 Å². The van der Waals surface area contributed by atoms with E-state index in [1.807, 2.05) is 36.4 Å². The van der Waals surface area contributed by atoms with Crippen LogP contribution < -0.4 is 5.32 Å². The van der Waals surface area contributed by atoms with Crippen LogP contribution in [0.1, 0.15) is 44.6 Å². The third-order valence-corrected chi connectivity index (χ3v) is 5.56. The van der Waals surface area contributed by atoms with E-state index in [0.29, 0.717) is 18.5 Å². The minimum atomic E-state index is -0.617. The fourth-order valence-corrected chi connectivity index (χ4v) is 3.84. The highest BCUT2D eigenvalue weighted by Crippen LogP contribution is 2.35. The Balaban J connectivity index is 1.39. The molecular weight excluding hydrogens is 384 g/mol. The summed E-state index contributed by atoms with van der Waals surface area (Å²) < 4.78 is 4.99. The zero-order valence-corrected chi connectivity index (χ0v) is 17.3. The number of anilines is 1. The van der Waals surface area contributed by atoms with E-state index in [9.17, 15) is 19.2 Å². The van der Waals surface area contributed by atoms with Gasteiger partial charge in [-0.05, 0) is 43.4 Å². The van der Waals surface area contributed by atoms with Gasteiger partial charge in [0.05, 0.1) is 18.3 Å². The SMILES string of the molecule is CCCCc1ccc(NC(=O)COC(=O)CCN2C(=O)[C@H]3CC=CC[C@H]3C2=O)cc1. The number of esters is 1. The number of carbonyl (C=O) groups excluding carboxylic acids is 4. The highest BCUT2D eigenvalue weighted by Gasteiger charge is 2.46. The van der Waals surface area contributed by atoms with Gasteiger partial charge in [-0.15, -0.1) is 0 Å². The lowest BCUT2D eigenvalue weighted by Crippen LogP contribution is -2.33. The number of nitrogens with zero attached hydrogens (tertiary/aromatic N) is 1. The standard InChI is InChI=1S/C23H28N2O5/c1-2-3-6-16-9-11-17(12-10-16)24-20(26)15-30-21(27)13-14-25-22(28)18-7-4-5-8-19(18)23(25)29/h4-5,9-12,18-19H,2-3,6-8,13-15H2,1H3,(H,24,26)/t18-,19+. The van der Waals surface area contributed by atoms with Crippen molar-refractivity contribution < 1.29 is 23.9 Å². The molecule has 0 aromatic heterocycles. The summed E-state index contributed by atoms with van der Waals surface area (Å²) in [7, 11) is 0. The molecule has 0 bridgehead atoms. The number of likely N-dealkylation sites (tertiary alicyclic amines) is 1. The van der Waals surface area contributed by atoms with Gasteiger partial charge < -0.3 is 10.1 Å². The number of imide groups is 1. The number of ether oxygens (including phenoxy) is 1. The Kier molecular flexibility index (Phi) is 7.38. The maximum Gasteiger partial charge on any atom is 0.308 e. The van der Waals surface area contributed by atoms with Crippen molar-refractivity contribution >= 4 is 29.4 Å². The Bertz CT molecular complexity index is 805. The quantitative estimate of drug-likeness (QED) is 0.382. The van der Waals surface area contributed by atoms with Crippen molar-refractivity contribution in [3.63, 3.8) is 0 Å². The second kappa shape index (κ2) is 10.2. The lowest BCUT2D eigenvalue weighted by atomic mass is 9.85. The van der Waals surface area contributed by atoms with E-state index < -0.39 is 18.5 Å². The first kappa shape index (κ1) is 21.7. The predicted octanol–water partition coefficient (Wildman–Crippen LogP) is 2.85. The number of aryl methyl sites for hydroxylation is 1. The van der Waals surface area contributed by atoms with Crippen molar-refractivity contribution in [2.75, 3.05) is 18.5 Å². The zero-order chi connectivity index (χ0) is 21.5. The number of benzene rings is 1. The number of carbonyl (C=O) groups is 4. The number of rotatable bonds is 9. The van der Waals surface area contributed by atoms with Crippen molar-refractivity contribution in [2.45, 2.75) is 45.4 Å². The summed E-state index contributed by atoms with van der Waals surface area (Å²) in [4.78, 5) is 49.9. The van der Waals surface area contributed by atoms with E-state index in [1.165, 1.54) is 5.56 Å². The second-order valence-corrected chi connectivity index (χ2v) is 7.74. The molecule has 0 saturated carbocycles. The van der Waals surface area contributed by atoms with Crippen LogP contribution in [0.3, 0.4) is 0 Å². The fourth-order valence-electron chi connectivity index (χ4n) is 3.84. The predicted molar refractivity (Wildman–Crippen MR) is 111 cm³/mol. The van der Waals surface area contributed by atoms with Crippen LogP contribution >= 0.6 is 0 Å². The number of hydrogen-bond donors (Lipinski definition) is 1. The molecule has 1 aromatic rings. The Labute approximate surface area is 176 Å². The third-order valence-electron chi connectivity index (χ3n) is 5.56. The van der Waals surface area contributed by atoms with E-state index in [1.54, 1.807) is 0 Å². The summed E-state index contributed by atoms with van der Waals surface area (Å²) in [6.45, 7) is 1.72. The van der Waals surface area contributed by atoms with Crippen LogP contribution in [0.25, 0.3) is 0 Å². The largest absolute Gasteiger partial charge is 0.456 e. The first-order valence-corrected chi connectivity index (χ1v) is 10.5. The number of nitrogens with one attached hydrogen (secondary N) is 1. The van der Waals surface area contributed by atoms with Crippen molar-refractivity contribution in [3.05, 3.63) is 42.0 Å². The molecule has 3 rings (SSSR count). The molecule has 3 amide bonds. The van der Waals surface area contributed by atoms with E-state index in [4.69, 9.17) is 4.74 Å². The van der Waals surface area contributed by atoms with Crippen LogP contribution in [0.15, 0.2) is 36.4 Å². The van der Waals surface area contributed by atoms with Gasteiger partial charge in [0, 0.05) is 12.2 Å². The summed E-state index contributed by atoms with van der Waals surface area (Å²) >= 11 is 0. The lowest BCUT2D eigenvalue weighted by Gasteiger charge is -2.14. The Morgan fingerprint density at radius 3 is 2.30 bits per heavy atom. The normalized spacial score (nSPS) is 20.2. The van der Waals surface area contributed by atoms with Gasteiger partial charge in [0.25, 0.3) is 5.91 Å². The van der Waals surface area contributed by atoms with Crippen LogP contribution in [0.2, 0.25) is 0 Å². The van der Waals surface area contributed by atoms with Crippen LogP contribution in [-0.2, 0) is 30.3 Å². The van der Waals surface area contributed by atoms with Crippen LogP contribution in [0, 0.1) is 11.8 Å². The molecule has 0 unspecified atom stereocenters. The van der Waals surface area contributed by atoms with E-state index in [0.717, 1.165) is 24.2 Å². The number of fused-ring (bicyclic) bond motifs is 1. The minimum Gasteiger partial charge on any atom is -0.456 e. The summed E-state index contributed by atoms with van der Waals surface area (Å²) in [5, 5.41) is 2.68. The Morgan fingerprint density at radius 2 is 1.70 bits per heavy atom. The number of unbranched alkanes of at least 4 members (excludes halogenated alkanes) is 1. The van der Waals surface area contributed by atoms with Crippen LogP contribution in [0.4, 0.5) is 5.69 Å². The molecule has 160 valence electrons. The highest BCUT2D eigenvalue weighted by atomic mass is 16.5. The van der Waals surface area contributed by atoms with Crippen molar-refractivity contribution in [1.82, 2.24) is 4.90 Å². The van der Waals surface area contributed by atoms with Gasteiger partial charge >= 0.3 is 5.97 Å². The molecule has 1 heterocycles. The van der Waals surface area contributed by atoms with Gasteiger partial charge in [0.15, 0.2) is 6.61 Å². The maximum atomic E-state index is 12.4. The highest BCUT2D eigenvalue weighted by molar-refractivity contribution is 6.05. The number of allylic oxidation sites excluding steroid dienone is 2. The molecule has 1 aliphatic heterocycles. The van der Waals surface area contributed by atoms with Gasteiger partial charge in [-0.3, -0.25) is 24.1 Å². The molecule has 2 aliphatic rings. The molecule has 1 aliphatic carbocycles. The number of amides is 3. The van der Waals surface area contributed by atoms with Gasteiger partial charge in [0.2, 0.25) is 11.8 Å². The molecule has 7 nitrogen and oxygen atoms in total. The molecule has 1 fully saturated rings. The van der Waals surface area contributed by atoms with Gasteiger partial charge in [-0.25, -0.2) is 0 Å². The van der Waals surface area contributed by atoms with Crippen molar-refractivity contribution in [3.8, 4) is 0 Å². The topological polar surface area (TPSA) is 92.8 Å². The zero-order valence-electron chi connectivity index (χ0n) is 17.3. The average Bonchev–Trinajstić information content (AvgIpc) is 3.00. The van der Waals surface area contributed by atoms with E-state index in [2.05, 4.69) is 12.2 Å². The smallest absolute Gasteiger partial charge is 0.308 e. The first-order valence-electron chi connectivity index (χ1n) is 10.5. The molecule has 0 radical (unpaired) electrons. The first-order chi connectivity index (χ1) is 14.5. The summed E-state index contributed by atoms with van der Waals surface area (Å²) in [6, 6.07) is 7.58. The molecule has 7 heteroatoms. The molecule has 1 saturated heterocycles. The second-order valence-electron chi connectivity index (χ2n) is 7.74. The molecule has 0 spiro atoms. The molecular formula is C23H28N2O5. The Hall–Kier alpha value is -2.96. The average molecular weight is 412 g/mol. The molecule has 2 atom stereocenters. The number of hydrogen-bond acceptors (Lipinski definition) is 5. The minimum absolute atomic E-state index is 0.00958. The molecule has 1 aromatic carbocycles. The Morgan fingerprint density at radius 1 is 1.07 bits per heavy atom. The monoisotopic (exact) mass is 412 g/mol. The summed E-state index contributed by atoms with van der Waals surface area (Å²) in [5.74, 6) is -2.11. The summed E-state index contributed by atoms with van der Waals surface area (Å²) in [5.41, 5.74) is 1.85. The summed E-state index contributed by atoms with van der Waals surface area (Å²) in [6.07, 6.45) is 8.09. The third kappa shape index (κ3) is 5.34. The molecule has 1 N–H and O–H groups in total. The molecule has 30 heavy (non-hydrogen) atoms. The van der Waals surface area contributed by atoms with Gasteiger partial charge in [-0.2, -0.15) is 0 Å². The van der Waals surface area contributed by atoms with Gasteiger partial charge in [0.1, 0.15) is 0 Å². The van der Waals surface area contributed by atoms with Crippen LogP contribution in [-0.4, -0.2) is 41.7 Å². The van der Waals surface area contributed by atoms with Gasteiger partial charge in [-0.1, -0.05) is 37.6 Å². The van der Waals surface area contributed by atoms with Crippen LogP contribution in [0.5, 0.6) is 0 Å². The fraction of sp³-hybridized carbons (Fsp3) is 0.478. The van der Waals surface area contributed by atoms with Crippen molar-refractivity contribution in [1.29, 1.82) is 0 Å². The maximum absolute atomic E-state index is 12.4. The van der Waals surface area contributed by atoms with Crippen molar-refractivity contribution in [2.24, 2.45) is 11.8 Å². The van der Waals surface area contributed by atoms with E-state index in [-0.39, 0.29) is 36.6 Å².